The van der Waals surface area contributed by atoms with E-state index in [2.05, 4.69) is 4.98 Å². The van der Waals surface area contributed by atoms with Gasteiger partial charge in [-0.15, -0.1) is 0 Å². The average Bonchev–Trinajstić information content (AvgIpc) is 3.00. The second kappa shape index (κ2) is 5.57. The summed E-state index contributed by atoms with van der Waals surface area (Å²) in [5, 5.41) is 10.5. The van der Waals surface area contributed by atoms with Crippen LogP contribution < -0.4 is 11.3 Å². The highest BCUT2D eigenvalue weighted by molar-refractivity contribution is 5.88. The number of hydrogen-bond acceptors (Lipinski definition) is 6. The zero-order valence-electron chi connectivity index (χ0n) is 14.6. The van der Waals surface area contributed by atoms with E-state index in [4.69, 9.17) is 10.5 Å². The van der Waals surface area contributed by atoms with Gasteiger partial charge < -0.3 is 20.1 Å². The van der Waals surface area contributed by atoms with Crippen molar-refractivity contribution in [3.8, 4) is 11.4 Å². The molecule has 0 radical (unpaired) electrons. The number of anilines is 1. The van der Waals surface area contributed by atoms with Crippen molar-refractivity contribution in [2.75, 3.05) is 5.73 Å². The second-order valence-corrected chi connectivity index (χ2v) is 6.99. The van der Waals surface area contributed by atoms with Crippen LogP contribution in [0.4, 0.5) is 18.9 Å². The van der Waals surface area contributed by atoms with E-state index in [0.29, 0.717) is 22.3 Å². The van der Waals surface area contributed by atoms with E-state index in [1.54, 1.807) is 6.07 Å². The Morgan fingerprint density at radius 2 is 1.97 bits per heavy atom. The molecule has 3 aromatic rings. The van der Waals surface area contributed by atoms with Crippen LogP contribution in [0.1, 0.15) is 28.4 Å². The molecule has 7 nitrogen and oxygen atoms in total. The maximum Gasteiger partial charge on any atom is 0.418 e. The number of cyclic esters (lactones) is 1. The molecule has 1 aromatic carbocycles. The number of pyridine rings is 2. The monoisotopic (exact) mass is 403 g/mol. The van der Waals surface area contributed by atoms with Gasteiger partial charge in [0.15, 0.2) is 6.10 Å². The zero-order chi connectivity index (χ0) is 20.7. The molecule has 0 amide bonds. The number of nitrogens with zero attached hydrogens (tertiary/aromatic N) is 2. The smallest absolute Gasteiger partial charge is 0.418 e. The molecule has 0 spiro atoms. The average molecular weight is 403 g/mol. The second-order valence-electron chi connectivity index (χ2n) is 6.99. The van der Waals surface area contributed by atoms with Gasteiger partial charge in [-0.3, -0.25) is 4.79 Å². The highest BCUT2D eigenvalue weighted by atomic mass is 19.4. The van der Waals surface area contributed by atoms with Gasteiger partial charge in [0.1, 0.15) is 6.61 Å². The minimum absolute atomic E-state index is 0.0730. The summed E-state index contributed by atoms with van der Waals surface area (Å²) in [4.78, 5) is 28.8. The molecule has 29 heavy (non-hydrogen) atoms. The van der Waals surface area contributed by atoms with Gasteiger partial charge in [-0.25, -0.2) is 9.78 Å². The molecule has 0 fully saturated rings. The Kier molecular flexibility index (Phi) is 3.40. The summed E-state index contributed by atoms with van der Waals surface area (Å²) in [6.07, 6.45) is -6.23. The predicted molar refractivity (Wildman–Crippen MR) is 94.7 cm³/mol. The first-order valence-corrected chi connectivity index (χ1v) is 8.57. The van der Waals surface area contributed by atoms with E-state index in [0.717, 1.165) is 6.07 Å². The molecule has 2 aliphatic heterocycles. The third kappa shape index (κ3) is 2.45. The number of aliphatic hydroxyl groups excluding tert-OH is 1. The van der Waals surface area contributed by atoms with Crippen LogP contribution in [-0.4, -0.2) is 20.6 Å². The van der Waals surface area contributed by atoms with E-state index >= 15 is 0 Å². The number of nitrogen functional groups attached to an aromatic ring is 1. The Hall–Kier alpha value is -3.40. The number of halogens is 3. The summed E-state index contributed by atoms with van der Waals surface area (Å²) in [6, 6.07) is 5.18. The van der Waals surface area contributed by atoms with Crippen molar-refractivity contribution in [3.63, 3.8) is 0 Å². The third-order valence-electron chi connectivity index (χ3n) is 5.25. The van der Waals surface area contributed by atoms with Gasteiger partial charge in [-0.2, -0.15) is 13.2 Å². The van der Waals surface area contributed by atoms with E-state index in [-0.39, 0.29) is 29.8 Å². The van der Waals surface area contributed by atoms with Gasteiger partial charge in [0.2, 0.25) is 0 Å². The first kappa shape index (κ1) is 17.7. The van der Waals surface area contributed by atoms with Gasteiger partial charge in [-0.05, 0) is 24.3 Å². The van der Waals surface area contributed by atoms with Crippen molar-refractivity contribution in [3.05, 3.63) is 56.9 Å². The van der Waals surface area contributed by atoms with E-state index in [1.807, 2.05) is 0 Å². The SMILES string of the molecule is Nc1cc2cc3c(nc2cc1C(F)(F)F)-c1cc2c(c(=O)n1C3)COC(=O)C2O. The maximum atomic E-state index is 13.2. The number of nitrogens with two attached hydrogens (primary N) is 1. The van der Waals surface area contributed by atoms with Crippen LogP contribution in [0.3, 0.4) is 0 Å². The number of rotatable bonds is 0. The van der Waals surface area contributed by atoms with E-state index in [9.17, 15) is 27.9 Å². The lowest BCUT2D eigenvalue weighted by Gasteiger charge is -2.21. The molecule has 4 heterocycles. The molecule has 0 bridgehead atoms. The molecule has 3 N–H and O–H groups in total. The molecule has 148 valence electrons. The summed E-state index contributed by atoms with van der Waals surface area (Å²) < 4.78 is 45.8. The van der Waals surface area contributed by atoms with Crippen molar-refractivity contribution in [2.24, 2.45) is 0 Å². The number of alkyl halides is 3. The highest BCUT2D eigenvalue weighted by Gasteiger charge is 2.35. The van der Waals surface area contributed by atoms with Crippen LogP contribution in [-0.2, 0) is 28.9 Å². The summed E-state index contributed by atoms with van der Waals surface area (Å²) in [6.45, 7) is -0.0910. The lowest BCUT2D eigenvalue weighted by molar-refractivity contribution is -0.157. The Labute approximate surface area is 160 Å². The van der Waals surface area contributed by atoms with Crippen molar-refractivity contribution in [1.82, 2.24) is 9.55 Å². The molecule has 0 saturated heterocycles. The Morgan fingerprint density at radius 3 is 2.69 bits per heavy atom. The first-order chi connectivity index (χ1) is 13.6. The molecular weight excluding hydrogens is 391 g/mol. The lowest BCUT2D eigenvalue weighted by Crippen LogP contribution is -2.32. The van der Waals surface area contributed by atoms with Crippen molar-refractivity contribution in [2.45, 2.75) is 25.4 Å². The van der Waals surface area contributed by atoms with Crippen LogP contribution >= 0.6 is 0 Å². The van der Waals surface area contributed by atoms with Gasteiger partial charge in [0.25, 0.3) is 5.56 Å². The van der Waals surface area contributed by atoms with Crippen LogP contribution in [0, 0.1) is 0 Å². The maximum absolute atomic E-state index is 13.2. The van der Waals surface area contributed by atoms with Crippen molar-refractivity contribution in [1.29, 1.82) is 0 Å². The van der Waals surface area contributed by atoms with Crippen LogP contribution in [0.15, 0.2) is 29.1 Å². The number of aromatic nitrogens is 2. The van der Waals surface area contributed by atoms with Crippen LogP contribution in [0.5, 0.6) is 0 Å². The summed E-state index contributed by atoms with van der Waals surface area (Å²) >= 11 is 0. The number of hydrogen-bond donors (Lipinski definition) is 2. The molecule has 5 rings (SSSR count). The van der Waals surface area contributed by atoms with Gasteiger partial charge in [0.05, 0.1) is 34.6 Å². The summed E-state index contributed by atoms with van der Waals surface area (Å²) in [5.74, 6) is -0.864. The standard InChI is InChI=1S/C19H12F3N3O4/c20-19(21,22)11-4-13-7(2-12(11)23)1-8-5-25-14(15(8)24-13)3-9-10(17(25)27)6-29-18(28)16(9)26/h1-4,16,26H,5-6,23H2. The molecule has 2 aromatic heterocycles. The topological polar surface area (TPSA) is 107 Å². The Balaban J connectivity index is 1.75. The number of esters is 1. The number of ether oxygens (including phenoxy) is 1. The van der Waals surface area contributed by atoms with Crippen molar-refractivity contribution >= 4 is 22.6 Å². The van der Waals surface area contributed by atoms with Gasteiger partial charge in [0, 0.05) is 22.2 Å². The molecule has 0 saturated carbocycles. The fourth-order valence-electron chi connectivity index (χ4n) is 3.84. The molecule has 0 aliphatic carbocycles. The van der Waals surface area contributed by atoms with E-state index in [1.165, 1.54) is 16.7 Å². The van der Waals surface area contributed by atoms with Gasteiger partial charge in [-0.1, -0.05) is 0 Å². The third-order valence-corrected chi connectivity index (χ3v) is 5.25. The first-order valence-electron chi connectivity index (χ1n) is 8.57. The quantitative estimate of drug-likeness (QED) is 0.344. The van der Waals surface area contributed by atoms with Gasteiger partial charge >= 0.3 is 12.1 Å². The summed E-state index contributed by atoms with van der Waals surface area (Å²) in [5.41, 5.74) is 5.35. The minimum Gasteiger partial charge on any atom is -0.458 e. The molecular formula is C19H12F3N3O4. The largest absolute Gasteiger partial charge is 0.458 e. The zero-order valence-corrected chi connectivity index (χ0v) is 14.6. The molecule has 1 unspecified atom stereocenters. The normalized spacial score (nSPS) is 17.7. The fraction of sp³-hybridized carbons (Fsp3) is 0.211. The van der Waals surface area contributed by atoms with E-state index < -0.39 is 35.1 Å². The van der Waals surface area contributed by atoms with Crippen molar-refractivity contribution < 1.29 is 27.8 Å². The molecule has 2 aliphatic rings. The number of carbonyl (C=O) groups is 1. The molecule has 1 atom stereocenters. The minimum atomic E-state index is -4.63. The fourth-order valence-corrected chi connectivity index (χ4v) is 3.84. The Bertz CT molecular complexity index is 1300. The number of fused-ring (bicyclic) bond motifs is 5. The summed E-state index contributed by atoms with van der Waals surface area (Å²) in [7, 11) is 0. The van der Waals surface area contributed by atoms with Crippen LogP contribution in [0.25, 0.3) is 22.3 Å². The van der Waals surface area contributed by atoms with Crippen LogP contribution in [0.2, 0.25) is 0 Å². The number of carbonyl (C=O) groups excluding carboxylic acids is 1. The Morgan fingerprint density at radius 1 is 1.21 bits per heavy atom. The predicted octanol–water partition coefficient (Wildman–Crippen LogP) is 2.12. The highest BCUT2D eigenvalue weighted by Crippen LogP contribution is 2.39. The number of benzene rings is 1. The number of aliphatic hydroxyl groups is 1. The molecule has 10 heteroatoms. The lowest BCUT2D eigenvalue weighted by atomic mass is 10.0.